The van der Waals surface area contributed by atoms with E-state index in [-0.39, 0.29) is 23.2 Å². The number of carbonyl (C=O) groups excluding carboxylic acids is 1. The van der Waals surface area contributed by atoms with Gasteiger partial charge in [0.1, 0.15) is 44.2 Å². The lowest BCUT2D eigenvalue weighted by Gasteiger charge is -2.28. The summed E-state index contributed by atoms with van der Waals surface area (Å²) in [6, 6.07) is 4.80. The van der Waals surface area contributed by atoms with Gasteiger partial charge in [0.2, 0.25) is 0 Å². The van der Waals surface area contributed by atoms with Gasteiger partial charge in [-0.15, -0.1) is 0 Å². The number of quaternary nitrogens is 2. The summed E-state index contributed by atoms with van der Waals surface area (Å²) in [7, 11) is 0. The number of rotatable bonds is 5. The molecule has 0 unspecified atom stereocenters. The third kappa shape index (κ3) is 5.46. The van der Waals surface area contributed by atoms with Crippen molar-refractivity contribution in [2.45, 2.75) is 19.6 Å². The van der Waals surface area contributed by atoms with Crippen LogP contribution >= 0.6 is 11.6 Å². The Morgan fingerprint density at radius 3 is 2.50 bits per heavy atom. The third-order valence-corrected chi connectivity index (χ3v) is 5.08. The second kappa shape index (κ2) is 8.50. The number of halogens is 4. The standard InChI is InChI=1S/C18H20ClF3N4O2/c1-12-8-14(24-28-12)10-25-4-6-26(7-5-25)11-17(27)23-16-9-13(18(20,21)22)2-3-15(16)19/h2-3,8-9H,4-7,10-11H2,1H3,(H,23,27)/p+2. The Labute approximate surface area is 165 Å². The quantitative estimate of drug-likeness (QED) is 0.665. The molecule has 0 spiro atoms. The molecule has 0 saturated carbocycles. The molecule has 0 aliphatic carbocycles. The highest BCUT2D eigenvalue weighted by molar-refractivity contribution is 6.33. The fourth-order valence-corrected chi connectivity index (χ4v) is 3.45. The number of benzene rings is 1. The molecule has 152 valence electrons. The van der Waals surface area contributed by atoms with E-state index in [0.29, 0.717) is 0 Å². The van der Waals surface area contributed by atoms with Crippen LogP contribution in [0.2, 0.25) is 5.02 Å². The van der Waals surface area contributed by atoms with E-state index in [1.807, 2.05) is 13.0 Å². The van der Waals surface area contributed by atoms with E-state index in [1.54, 1.807) is 0 Å². The Morgan fingerprint density at radius 2 is 1.89 bits per heavy atom. The van der Waals surface area contributed by atoms with Crippen LogP contribution in [0.25, 0.3) is 0 Å². The number of amides is 1. The highest BCUT2D eigenvalue weighted by Gasteiger charge is 2.31. The molecule has 2 aromatic rings. The molecule has 3 rings (SSSR count). The predicted octanol–water partition coefficient (Wildman–Crippen LogP) is 0.577. The average Bonchev–Trinajstić information content (AvgIpc) is 3.02. The fourth-order valence-electron chi connectivity index (χ4n) is 3.29. The second-order valence-corrected chi connectivity index (χ2v) is 7.43. The van der Waals surface area contributed by atoms with E-state index < -0.39 is 11.7 Å². The summed E-state index contributed by atoms with van der Waals surface area (Å²) in [6.45, 7) is 6.13. The van der Waals surface area contributed by atoms with Crippen LogP contribution in [0.4, 0.5) is 18.9 Å². The highest BCUT2D eigenvalue weighted by Crippen LogP contribution is 2.33. The molecule has 0 atom stereocenters. The zero-order chi connectivity index (χ0) is 20.3. The molecule has 1 fully saturated rings. The molecule has 28 heavy (non-hydrogen) atoms. The second-order valence-electron chi connectivity index (χ2n) is 7.02. The van der Waals surface area contributed by atoms with Gasteiger partial charge in [0.25, 0.3) is 5.91 Å². The zero-order valence-corrected chi connectivity index (χ0v) is 16.1. The summed E-state index contributed by atoms with van der Waals surface area (Å²) in [5, 5.41) is 6.58. The van der Waals surface area contributed by atoms with Gasteiger partial charge in [0.05, 0.1) is 16.3 Å². The molecule has 1 amide bonds. The first-order valence-corrected chi connectivity index (χ1v) is 9.34. The minimum atomic E-state index is -4.49. The maximum atomic E-state index is 12.8. The Bertz CT molecular complexity index is 832. The van der Waals surface area contributed by atoms with E-state index in [9.17, 15) is 18.0 Å². The highest BCUT2D eigenvalue weighted by atomic mass is 35.5. The molecular formula is C18H22ClF3N4O2+2. The summed E-state index contributed by atoms with van der Waals surface area (Å²) in [5.41, 5.74) is 0.0410. The van der Waals surface area contributed by atoms with Crippen LogP contribution in [-0.4, -0.2) is 43.8 Å². The third-order valence-electron chi connectivity index (χ3n) is 4.75. The Hall–Kier alpha value is -2.10. The number of nitrogens with one attached hydrogen (secondary N) is 3. The molecule has 0 bridgehead atoms. The van der Waals surface area contributed by atoms with Crippen LogP contribution in [0.15, 0.2) is 28.8 Å². The van der Waals surface area contributed by atoms with Gasteiger partial charge in [0.15, 0.2) is 6.54 Å². The van der Waals surface area contributed by atoms with Gasteiger partial charge in [-0.2, -0.15) is 13.2 Å². The predicted molar refractivity (Wildman–Crippen MR) is 96.3 cm³/mol. The number of nitrogens with zero attached hydrogens (tertiary/aromatic N) is 1. The summed E-state index contributed by atoms with van der Waals surface area (Å²) < 4.78 is 43.6. The molecule has 2 heterocycles. The maximum Gasteiger partial charge on any atom is 0.416 e. The first-order chi connectivity index (χ1) is 13.2. The van der Waals surface area contributed by atoms with E-state index in [0.717, 1.165) is 67.3 Å². The van der Waals surface area contributed by atoms with Gasteiger partial charge in [-0.1, -0.05) is 16.8 Å². The van der Waals surface area contributed by atoms with Crippen molar-refractivity contribution in [3.8, 4) is 0 Å². The lowest BCUT2D eigenvalue weighted by Crippen LogP contribution is -3.28. The average molecular weight is 419 g/mol. The Balaban J connectivity index is 1.50. The minimum Gasteiger partial charge on any atom is -0.361 e. The molecule has 10 heteroatoms. The number of alkyl halides is 3. The largest absolute Gasteiger partial charge is 0.416 e. The molecular weight excluding hydrogens is 397 g/mol. The van der Waals surface area contributed by atoms with Crippen LogP contribution < -0.4 is 15.1 Å². The zero-order valence-electron chi connectivity index (χ0n) is 15.3. The molecule has 1 aliphatic heterocycles. The van der Waals surface area contributed by atoms with Crippen molar-refractivity contribution in [3.63, 3.8) is 0 Å². The first kappa shape index (κ1) is 20.6. The number of aromatic nitrogens is 1. The Kier molecular flexibility index (Phi) is 6.26. The monoisotopic (exact) mass is 418 g/mol. The maximum absolute atomic E-state index is 12.8. The number of hydrogen-bond acceptors (Lipinski definition) is 3. The van der Waals surface area contributed by atoms with Crippen LogP contribution in [0, 0.1) is 6.92 Å². The SMILES string of the molecule is Cc1cc(C[NH+]2CC[NH+](CC(=O)Nc3cc(C(F)(F)F)ccc3Cl)CC2)no1. The van der Waals surface area contributed by atoms with Gasteiger partial charge < -0.3 is 19.6 Å². The molecule has 1 aromatic carbocycles. The topological polar surface area (TPSA) is 64.0 Å². The number of hydrogen-bond donors (Lipinski definition) is 3. The fraction of sp³-hybridized carbons (Fsp3) is 0.444. The van der Waals surface area contributed by atoms with E-state index >= 15 is 0 Å². The van der Waals surface area contributed by atoms with Crippen molar-refractivity contribution in [1.29, 1.82) is 0 Å². The van der Waals surface area contributed by atoms with E-state index in [4.69, 9.17) is 16.1 Å². The van der Waals surface area contributed by atoms with Crippen molar-refractivity contribution < 1.29 is 32.3 Å². The van der Waals surface area contributed by atoms with Gasteiger partial charge >= 0.3 is 6.18 Å². The Morgan fingerprint density at radius 1 is 1.21 bits per heavy atom. The van der Waals surface area contributed by atoms with Crippen molar-refractivity contribution in [2.75, 3.05) is 38.0 Å². The van der Waals surface area contributed by atoms with Crippen LogP contribution in [0.3, 0.4) is 0 Å². The summed E-state index contributed by atoms with van der Waals surface area (Å²) in [6.07, 6.45) is -4.49. The van der Waals surface area contributed by atoms with Crippen molar-refractivity contribution >= 4 is 23.2 Å². The number of piperazine rings is 1. The molecule has 1 aliphatic rings. The smallest absolute Gasteiger partial charge is 0.361 e. The molecule has 3 N–H and O–H groups in total. The van der Waals surface area contributed by atoms with Crippen LogP contribution in [0.5, 0.6) is 0 Å². The molecule has 1 saturated heterocycles. The molecule has 6 nitrogen and oxygen atoms in total. The van der Waals surface area contributed by atoms with Gasteiger partial charge in [0, 0.05) is 6.07 Å². The lowest BCUT2D eigenvalue weighted by molar-refractivity contribution is -1.02. The van der Waals surface area contributed by atoms with E-state index in [1.165, 1.54) is 4.90 Å². The normalized spacial score (nSPS) is 20.2. The van der Waals surface area contributed by atoms with Crippen LogP contribution in [-0.2, 0) is 17.5 Å². The van der Waals surface area contributed by atoms with Crippen molar-refractivity contribution in [3.05, 3.63) is 46.3 Å². The minimum absolute atomic E-state index is 0.0217. The van der Waals surface area contributed by atoms with Crippen molar-refractivity contribution in [2.24, 2.45) is 0 Å². The van der Waals surface area contributed by atoms with Crippen molar-refractivity contribution in [1.82, 2.24) is 5.16 Å². The molecule has 1 aromatic heterocycles. The molecule has 0 radical (unpaired) electrons. The summed E-state index contributed by atoms with van der Waals surface area (Å²) in [5.74, 6) is 0.426. The lowest BCUT2D eigenvalue weighted by atomic mass is 10.2. The number of anilines is 1. The van der Waals surface area contributed by atoms with Gasteiger partial charge in [-0.25, -0.2) is 0 Å². The first-order valence-electron chi connectivity index (χ1n) is 8.96. The van der Waals surface area contributed by atoms with Crippen LogP contribution in [0.1, 0.15) is 17.0 Å². The van der Waals surface area contributed by atoms with Gasteiger partial charge in [-0.05, 0) is 25.1 Å². The van der Waals surface area contributed by atoms with Gasteiger partial charge in [-0.3, -0.25) is 4.79 Å². The van der Waals surface area contributed by atoms with E-state index in [2.05, 4.69) is 10.5 Å². The summed E-state index contributed by atoms with van der Waals surface area (Å²) in [4.78, 5) is 14.7. The number of aryl methyl sites for hydroxylation is 1. The summed E-state index contributed by atoms with van der Waals surface area (Å²) >= 11 is 5.93. The number of carbonyl (C=O) groups is 1.